The van der Waals surface area contributed by atoms with E-state index in [0.717, 1.165) is 23.5 Å². The van der Waals surface area contributed by atoms with E-state index >= 15 is 0 Å². The molecule has 9 heteroatoms. The van der Waals surface area contributed by atoms with Gasteiger partial charge in [-0.3, -0.25) is 9.48 Å². The van der Waals surface area contributed by atoms with Crippen LogP contribution in [0.25, 0.3) is 4.96 Å². The van der Waals surface area contributed by atoms with Crippen molar-refractivity contribution in [1.82, 2.24) is 24.4 Å². The summed E-state index contributed by atoms with van der Waals surface area (Å²) in [7, 11) is 1.68. The number of fused-ring (bicyclic) bond motifs is 1. The summed E-state index contributed by atoms with van der Waals surface area (Å²) in [5.41, 5.74) is 3.02. The molecule has 122 valence electrons. The highest BCUT2D eigenvalue weighted by molar-refractivity contribution is 7.20. The Kier molecular flexibility index (Phi) is 4.39. The highest BCUT2D eigenvalue weighted by atomic mass is 32.1. The Hall–Kier alpha value is -2.26. The van der Waals surface area contributed by atoms with Crippen molar-refractivity contribution < 1.29 is 4.74 Å². The molecule has 0 unspecified atom stereocenters. The highest BCUT2D eigenvalue weighted by Crippen LogP contribution is 2.19. The first-order valence-corrected chi connectivity index (χ1v) is 8.02. The number of nitrogens with zero attached hydrogens (tertiary/aromatic N) is 5. The average molecular weight is 334 g/mol. The van der Waals surface area contributed by atoms with Crippen molar-refractivity contribution in [1.29, 1.82) is 0 Å². The normalized spacial score (nSPS) is 11.3. The molecule has 23 heavy (non-hydrogen) atoms. The summed E-state index contributed by atoms with van der Waals surface area (Å²) >= 11 is 1.35. The molecule has 3 aromatic heterocycles. The lowest BCUT2D eigenvalue weighted by atomic mass is 10.2. The Bertz CT molecular complexity index is 881. The van der Waals surface area contributed by atoms with E-state index in [0.29, 0.717) is 23.2 Å². The topological polar surface area (TPSA) is 86.3 Å². The Morgan fingerprint density at radius 1 is 1.35 bits per heavy atom. The second kappa shape index (κ2) is 6.47. The number of aryl methyl sites for hydroxylation is 1. The van der Waals surface area contributed by atoms with Crippen molar-refractivity contribution in [2.45, 2.75) is 26.9 Å². The van der Waals surface area contributed by atoms with E-state index in [-0.39, 0.29) is 5.56 Å². The smallest absolute Gasteiger partial charge is 0.275 e. The monoisotopic (exact) mass is 334 g/mol. The number of methoxy groups -OCH3 is 1. The van der Waals surface area contributed by atoms with E-state index in [1.807, 2.05) is 18.5 Å². The van der Waals surface area contributed by atoms with Gasteiger partial charge in [0.05, 0.1) is 18.8 Å². The van der Waals surface area contributed by atoms with Gasteiger partial charge < -0.3 is 10.1 Å². The molecular weight excluding hydrogens is 316 g/mol. The van der Waals surface area contributed by atoms with Gasteiger partial charge in [-0.15, -0.1) is 5.10 Å². The minimum atomic E-state index is -0.181. The number of nitrogens with one attached hydrogen (secondary N) is 1. The fourth-order valence-corrected chi connectivity index (χ4v) is 3.14. The van der Waals surface area contributed by atoms with Gasteiger partial charge in [0.1, 0.15) is 0 Å². The van der Waals surface area contributed by atoms with Crippen LogP contribution in [0.4, 0.5) is 5.13 Å². The number of rotatable bonds is 6. The van der Waals surface area contributed by atoms with Crippen molar-refractivity contribution in [2.24, 2.45) is 0 Å². The van der Waals surface area contributed by atoms with Crippen molar-refractivity contribution in [3.05, 3.63) is 39.6 Å². The van der Waals surface area contributed by atoms with E-state index in [1.54, 1.807) is 7.11 Å². The summed E-state index contributed by atoms with van der Waals surface area (Å²) in [6, 6.07) is 1.39. The Labute approximate surface area is 136 Å². The molecule has 0 aliphatic rings. The lowest BCUT2D eigenvalue weighted by Gasteiger charge is -2.05. The molecule has 3 aromatic rings. The van der Waals surface area contributed by atoms with Gasteiger partial charge in [0, 0.05) is 37.2 Å². The predicted octanol–water partition coefficient (Wildman–Crippen LogP) is 1.22. The molecule has 0 spiro atoms. The Morgan fingerprint density at radius 3 is 2.91 bits per heavy atom. The zero-order chi connectivity index (χ0) is 16.4. The molecule has 0 saturated carbocycles. The molecule has 0 aliphatic carbocycles. The summed E-state index contributed by atoms with van der Waals surface area (Å²) < 4.78 is 8.34. The third-order valence-corrected chi connectivity index (χ3v) is 4.51. The van der Waals surface area contributed by atoms with Crippen LogP contribution in [0.5, 0.6) is 0 Å². The zero-order valence-electron chi connectivity index (χ0n) is 13.2. The molecule has 0 aliphatic heterocycles. The molecule has 0 amide bonds. The van der Waals surface area contributed by atoms with Gasteiger partial charge in [-0.05, 0) is 13.8 Å². The van der Waals surface area contributed by atoms with Gasteiger partial charge in [-0.25, -0.2) is 4.98 Å². The van der Waals surface area contributed by atoms with E-state index < -0.39 is 0 Å². The van der Waals surface area contributed by atoms with Crippen LogP contribution < -0.4 is 10.9 Å². The lowest BCUT2D eigenvalue weighted by Crippen LogP contribution is -2.13. The van der Waals surface area contributed by atoms with Crippen molar-refractivity contribution in [3.8, 4) is 0 Å². The third kappa shape index (κ3) is 3.10. The summed E-state index contributed by atoms with van der Waals surface area (Å²) in [6.07, 6.45) is 1.49. The van der Waals surface area contributed by atoms with Crippen molar-refractivity contribution in [2.75, 3.05) is 19.0 Å². The molecule has 3 rings (SSSR count). The van der Waals surface area contributed by atoms with Gasteiger partial charge in [-0.2, -0.15) is 9.61 Å². The minimum Gasteiger partial charge on any atom is -0.383 e. The summed E-state index contributed by atoms with van der Waals surface area (Å²) in [5, 5.41) is 12.7. The number of hydrogen-bond acceptors (Lipinski definition) is 7. The molecular formula is C14H18N6O2S. The molecule has 0 atom stereocenters. The maximum Gasteiger partial charge on any atom is 0.275 e. The molecule has 0 aromatic carbocycles. The number of anilines is 1. The van der Waals surface area contributed by atoms with Gasteiger partial charge in [0.15, 0.2) is 0 Å². The highest BCUT2D eigenvalue weighted by Gasteiger charge is 2.12. The molecule has 1 N–H and O–H groups in total. The fourth-order valence-electron chi connectivity index (χ4n) is 2.36. The quantitative estimate of drug-likeness (QED) is 0.729. The largest absolute Gasteiger partial charge is 0.383 e. The zero-order valence-corrected chi connectivity index (χ0v) is 14.1. The van der Waals surface area contributed by atoms with Crippen LogP contribution in [0.2, 0.25) is 0 Å². The standard InChI is InChI=1S/C14H18N6O2S/c1-9-11(10(2)19(17-9)6-7-22-3)8-16-13-18-20-12(21)4-5-15-14(20)23-13/h4-5H,6-8H2,1-3H3,(H,16,18). The number of aromatic nitrogens is 5. The first kappa shape index (κ1) is 15.6. The van der Waals surface area contributed by atoms with Crippen LogP contribution in [-0.4, -0.2) is 38.1 Å². The number of ether oxygens (including phenoxy) is 1. The van der Waals surface area contributed by atoms with Crippen LogP contribution in [0.1, 0.15) is 17.0 Å². The van der Waals surface area contributed by atoms with Crippen LogP contribution in [0.15, 0.2) is 17.1 Å². The van der Waals surface area contributed by atoms with E-state index in [4.69, 9.17) is 4.74 Å². The Balaban J connectivity index is 1.78. The fraction of sp³-hybridized carbons (Fsp3) is 0.429. The third-order valence-electron chi connectivity index (χ3n) is 3.63. The second-order valence-corrected chi connectivity index (χ2v) is 6.06. The number of hydrogen-bond donors (Lipinski definition) is 1. The van der Waals surface area contributed by atoms with E-state index in [9.17, 15) is 4.79 Å². The first-order valence-electron chi connectivity index (χ1n) is 7.20. The van der Waals surface area contributed by atoms with Gasteiger partial charge in [-0.1, -0.05) is 11.3 Å². The molecule has 0 bridgehead atoms. The van der Waals surface area contributed by atoms with Crippen LogP contribution in [0, 0.1) is 13.8 Å². The molecule has 3 heterocycles. The second-order valence-electron chi connectivity index (χ2n) is 5.10. The molecule has 8 nitrogen and oxygen atoms in total. The van der Waals surface area contributed by atoms with Gasteiger partial charge in [0.2, 0.25) is 10.1 Å². The summed E-state index contributed by atoms with van der Waals surface area (Å²) in [4.78, 5) is 16.4. The lowest BCUT2D eigenvalue weighted by molar-refractivity contribution is 0.182. The van der Waals surface area contributed by atoms with Gasteiger partial charge >= 0.3 is 0 Å². The Morgan fingerprint density at radius 2 is 2.17 bits per heavy atom. The molecule has 0 saturated heterocycles. The first-order chi connectivity index (χ1) is 11.1. The SMILES string of the molecule is COCCn1nc(C)c(CNc2nn3c(=O)ccnc3s2)c1C. The maximum absolute atomic E-state index is 11.7. The molecule has 0 fully saturated rings. The van der Waals surface area contributed by atoms with Gasteiger partial charge in [0.25, 0.3) is 5.56 Å². The van der Waals surface area contributed by atoms with Crippen LogP contribution in [0.3, 0.4) is 0 Å². The van der Waals surface area contributed by atoms with E-state index in [1.165, 1.54) is 28.1 Å². The van der Waals surface area contributed by atoms with E-state index in [2.05, 4.69) is 20.5 Å². The maximum atomic E-state index is 11.7. The van der Waals surface area contributed by atoms with Crippen LogP contribution >= 0.6 is 11.3 Å². The average Bonchev–Trinajstić information content (AvgIpc) is 3.06. The van der Waals surface area contributed by atoms with Crippen molar-refractivity contribution in [3.63, 3.8) is 0 Å². The summed E-state index contributed by atoms with van der Waals surface area (Å²) in [5.74, 6) is 0. The minimum absolute atomic E-state index is 0.181. The van der Waals surface area contributed by atoms with Crippen LogP contribution in [-0.2, 0) is 17.8 Å². The van der Waals surface area contributed by atoms with Crippen molar-refractivity contribution >= 4 is 21.4 Å². The molecule has 0 radical (unpaired) electrons. The summed E-state index contributed by atoms with van der Waals surface area (Å²) in [6.45, 7) is 5.97. The predicted molar refractivity (Wildman–Crippen MR) is 88.0 cm³/mol.